The van der Waals surface area contributed by atoms with Crippen molar-refractivity contribution in [3.8, 4) is 0 Å². The van der Waals surface area contributed by atoms with Gasteiger partial charge in [-0.15, -0.1) is 0 Å². The molecule has 2 rings (SSSR count). The molecule has 1 aromatic rings. The molecule has 0 spiro atoms. The van der Waals surface area contributed by atoms with Crippen LogP contribution < -0.4 is 5.73 Å². The predicted molar refractivity (Wildman–Crippen MR) is 87.0 cm³/mol. The lowest BCUT2D eigenvalue weighted by Gasteiger charge is -2.41. The first-order valence-corrected chi connectivity index (χ1v) is 8.03. The van der Waals surface area contributed by atoms with Crippen LogP contribution in [0.1, 0.15) is 51.1 Å². The summed E-state index contributed by atoms with van der Waals surface area (Å²) in [6, 6.07) is 8.39. The van der Waals surface area contributed by atoms with Gasteiger partial charge in [0.2, 0.25) is 0 Å². The quantitative estimate of drug-likeness (QED) is 0.900. The fourth-order valence-corrected chi connectivity index (χ4v) is 3.82. The second kappa shape index (κ2) is 6.46. The molecule has 0 heterocycles. The SMILES string of the molecule is CC1CCCC(N)(CN(C)C(C)c2ccccc2Cl)C1. The third-order valence-corrected chi connectivity index (χ3v) is 5.05. The molecular formula is C17H27ClN2. The second-order valence-corrected chi connectivity index (χ2v) is 7.08. The summed E-state index contributed by atoms with van der Waals surface area (Å²) >= 11 is 6.31. The maximum absolute atomic E-state index is 6.63. The first kappa shape index (κ1) is 15.8. The number of rotatable bonds is 4. The minimum Gasteiger partial charge on any atom is -0.324 e. The van der Waals surface area contributed by atoms with E-state index in [9.17, 15) is 0 Å². The van der Waals surface area contributed by atoms with Crippen molar-refractivity contribution in [2.75, 3.05) is 13.6 Å². The number of benzene rings is 1. The second-order valence-electron chi connectivity index (χ2n) is 6.68. The third kappa shape index (κ3) is 3.75. The summed E-state index contributed by atoms with van der Waals surface area (Å²) in [5.74, 6) is 0.748. The molecule has 3 heteroatoms. The van der Waals surface area contributed by atoms with Gasteiger partial charge < -0.3 is 5.73 Å². The molecule has 1 aromatic carbocycles. The van der Waals surface area contributed by atoms with Gasteiger partial charge in [-0.2, -0.15) is 0 Å². The van der Waals surface area contributed by atoms with Crippen LogP contribution in [0.15, 0.2) is 24.3 Å². The summed E-state index contributed by atoms with van der Waals surface area (Å²) < 4.78 is 0. The van der Waals surface area contributed by atoms with E-state index in [0.717, 1.165) is 30.3 Å². The molecule has 0 amide bonds. The largest absolute Gasteiger partial charge is 0.324 e. The van der Waals surface area contributed by atoms with Crippen LogP contribution >= 0.6 is 11.6 Å². The van der Waals surface area contributed by atoms with E-state index in [1.165, 1.54) is 18.4 Å². The van der Waals surface area contributed by atoms with Crippen LogP contribution in [0, 0.1) is 5.92 Å². The van der Waals surface area contributed by atoms with E-state index >= 15 is 0 Å². The maximum atomic E-state index is 6.63. The highest BCUT2D eigenvalue weighted by atomic mass is 35.5. The summed E-state index contributed by atoms with van der Waals surface area (Å²) in [6.45, 7) is 5.46. The summed E-state index contributed by atoms with van der Waals surface area (Å²) in [5, 5.41) is 0.843. The summed E-state index contributed by atoms with van der Waals surface area (Å²) in [7, 11) is 2.15. The van der Waals surface area contributed by atoms with Gasteiger partial charge in [-0.3, -0.25) is 4.90 Å². The topological polar surface area (TPSA) is 29.3 Å². The fraction of sp³-hybridized carbons (Fsp3) is 0.647. The Morgan fingerprint density at radius 2 is 2.15 bits per heavy atom. The van der Waals surface area contributed by atoms with Crippen molar-refractivity contribution < 1.29 is 0 Å². The van der Waals surface area contributed by atoms with Gasteiger partial charge in [0, 0.05) is 23.1 Å². The van der Waals surface area contributed by atoms with Crippen LogP contribution in [-0.4, -0.2) is 24.0 Å². The Balaban J connectivity index is 2.04. The normalized spacial score (nSPS) is 28.6. The van der Waals surface area contributed by atoms with Crippen LogP contribution in [0.2, 0.25) is 5.02 Å². The van der Waals surface area contributed by atoms with Crippen molar-refractivity contribution in [3.05, 3.63) is 34.9 Å². The van der Waals surface area contributed by atoms with Gasteiger partial charge in [0.1, 0.15) is 0 Å². The van der Waals surface area contributed by atoms with E-state index in [2.05, 4.69) is 31.9 Å². The Morgan fingerprint density at radius 3 is 2.80 bits per heavy atom. The molecule has 0 bridgehead atoms. The lowest BCUT2D eigenvalue weighted by atomic mass is 9.76. The van der Waals surface area contributed by atoms with Gasteiger partial charge in [-0.25, -0.2) is 0 Å². The van der Waals surface area contributed by atoms with Crippen molar-refractivity contribution in [2.24, 2.45) is 11.7 Å². The molecule has 3 atom stereocenters. The molecule has 0 saturated heterocycles. The highest BCUT2D eigenvalue weighted by Crippen LogP contribution is 2.33. The average Bonchev–Trinajstić information content (AvgIpc) is 2.37. The van der Waals surface area contributed by atoms with Crippen LogP contribution in [0.3, 0.4) is 0 Å². The van der Waals surface area contributed by atoms with Crippen LogP contribution in [0.25, 0.3) is 0 Å². The van der Waals surface area contributed by atoms with E-state index in [1.807, 2.05) is 18.2 Å². The number of hydrogen-bond acceptors (Lipinski definition) is 2. The van der Waals surface area contributed by atoms with Gasteiger partial charge in [0.25, 0.3) is 0 Å². The molecule has 2 nitrogen and oxygen atoms in total. The Bertz CT molecular complexity index is 448. The molecule has 112 valence electrons. The van der Waals surface area contributed by atoms with E-state index in [4.69, 9.17) is 17.3 Å². The molecule has 0 radical (unpaired) electrons. The average molecular weight is 295 g/mol. The third-order valence-electron chi connectivity index (χ3n) is 4.71. The highest BCUT2D eigenvalue weighted by molar-refractivity contribution is 6.31. The lowest BCUT2D eigenvalue weighted by Crippen LogP contribution is -2.52. The van der Waals surface area contributed by atoms with Gasteiger partial charge in [-0.1, -0.05) is 49.6 Å². The van der Waals surface area contributed by atoms with Crippen LogP contribution in [-0.2, 0) is 0 Å². The van der Waals surface area contributed by atoms with E-state index in [0.29, 0.717) is 6.04 Å². The Morgan fingerprint density at radius 1 is 1.45 bits per heavy atom. The molecule has 3 unspecified atom stereocenters. The first-order valence-electron chi connectivity index (χ1n) is 7.65. The Labute approximate surface area is 128 Å². The Kier molecular flexibility index (Phi) is 5.11. The molecular weight excluding hydrogens is 268 g/mol. The lowest BCUT2D eigenvalue weighted by molar-refractivity contribution is 0.144. The maximum Gasteiger partial charge on any atom is 0.0453 e. The summed E-state index contributed by atoms with van der Waals surface area (Å²) in [6.07, 6.45) is 4.85. The number of hydrogen-bond donors (Lipinski definition) is 1. The van der Waals surface area contributed by atoms with Crippen molar-refractivity contribution in [3.63, 3.8) is 0 Å². The van der Waals surface area contributed by atoms with E-state index < -0.39 is 0 Å². The number of nitrogens with two attached hydrogens (primary N) is 1. The monoisotopic (exact) mass is 294 g/mol. The first-order chi connectivity index (χ1) is 9.41. The smallest absolute Gasteiger partial charge is 0.0453 e. The zero-order valence-electron chi connectivity index (χ0n) is 12.9. The Hall–Kier alpha value is -0.570. The minimum atomic E-state index is -0.0397. The van der Waals surface area contributed by atoms with Gasteiger partial charge >= 0.3 is 0 Å². The van der Waals surface area contributed by atoms with Gasteiger partial charge in [0.15, 0.2) is 0 Å². The zero-order chi connectivity index (χ0) is 14.8. The molecule has 1 fully saturated rings. The predicted octanol–water partition coefficient (Wildman–Crippen LogP) is 4.24. The molecule has 20 heavy (non-hydrogen) atoms. The van der Waals surface area contributed by atoms with Crippen molar-refractivity contribution >= 4 is 11.6 Å². The number of halogens is 1. The van der Waals surface area contributed by atoms with E-state index in [1.54, 1.807) is 0 Å². The van der Waals surface area contributed by atoms with Crippen molar-refractivity contribution in [1.29, 1.82) is 0 Å². The number of likely N-dealkylation sites (N-methyl/N-ethyl adjacent to an activating group) is 1. The fourth-order valence-electron chi connectivity index (χ4n) is 3.53. The van der Waals surface area contributed by atoms with E-state index in [-0.39, 0.29) is 5.54 Å². The van der Waals surface area contributed by atoms with Crippen molar-refractivity contribution in [2.45, 2.75) is 51.1 Å². The summed E-state index contributed by atoms with van der Waals surface area (Å²) in [5.41, 5.74) is 7.77. The molecule has 2 N–H and O–H groups in total. The standard InChI is InChI=1S/C17H27ClN2/c1-13-7-6-10-17(19,11-13)12-20(3)14(2)15-8-4-5-9-16(15)18/h4-5,8-9,13-14H,6-7,10-12,19H2,1-3H3. The molecule has 0 aromatic heterocycles. The molecule has 1 aliphatic carbocycles. The molecule has 1 saturated carbocycles. The molecule has 0 aliphatic heterocycles. The van der Waals surface area contributed by atoms with Crippen molar-refractivity contribution in [1.82, 2.24) is 4.90 Å². The van der Waals surface area contributed by atoms with Crippen LogP contribution in [0.4, 0.5) is 0 Å². The molecule has 1 aliphatic rings. The number of nitrogens with zero attached hydrogens (tertiary/aromatic N) is 1. The van der Waals surface area contributed by atoms with Crippen LogP contribution in [0.5, 0.6) is 0 Å². The minimum absolute atomic E-state index is 0.0397. The summed E-state index contributed by atoms with van der Waals surface area (Å²) in [4.78, 5) is 2.35. The van der Waals surface area contributed by atoms with Gasteiger partial charge in [-0.05, 0) is 44.4 Å². The zero-order valence-corrected chi connectivity index (χ0v) is 13.7. The van der Waals surface area contributed by atoms with Gasteiger partial charge in [0.05, 0.1) is 0 Å². The highest BCUT2D eigenvalue weighted by Gasteiger charge is 2.33.